The molecule has 3 amide bonds. The Hall–Kier alpha value is -4.71. The second-order valence-corrected chi connectivity index (χ2v) is 20.0. The van der Waals surface area contributed by atoms with Gasteiger partial charge in [0.1, 0.15) is 11.7 Å². The van der Waals surface area contributed by atoms with Gasteiger partial charge in [0.05, 0.1) is 6.04 Å². The van der Waals surface area contributed by atoms with Crippen molar-refractivity contribution in [1.82, 2.24) is 35.8 Å². The van der Waals surface area contributed by atoms with E-state index in [-0.39, 0.29) is 47.3 Å². The van der Waals surface area contributed by atoms with Gasteiger partial charge in [0.15, 0.2) is 0 Å². The van der Waals surface area contributed by atoms with Crippen LogP contribution >= 0.6 is 0 Å². The summed E-state index contributed by atoms with van der Waals surface area (Å²) in [5.41, 5.74) is 3.68. The van der Waals surface area contributed by atoms with Gasteiger partial charge in [-0.3, -0.25) is 19.2 Å². The molecule has 6 atom stereocenters. The predicted molar refractivity (Wildman–Crippen MR) is 242 cm³/mol. The molecular weight excluding hydrogens is 767 g/mol. The Labute approximate surface area is 362 Å². The van der Waals surface area contributed by atoms with Crippen LogP contribution in [0.25, 0.3) is 21.9 Å². The third-order valence-electron chi connectivity index (χ3n) is 13.0. The molecule has 61 heavy (non-hydrogen) atoms. The van der Waals surface area contributed by atoms with Crippen molar-refractivity contribution in [2.75, 3.05) is 13.1 Å². The Morgan fingerprint density at radius 3 is 2.02 bits per heavy atom. The highest BCUT2D eigenvalue weighted by Crippen LogP contribution is 2.39. The first-order chi connectivity index (χ1) is 29.0. The fourth-order valence-corrected chi connectivity index (χ4v) is 9.99. The van der Waals surface area contributed by atoms with E-state index in [1.807, 2.05) is 83.1 Å². The molecule has 4 fully saturated rings. The number of aromatic amines is 2. The van der Waals surface area contributed by atoms with Gasteiger partial charge in [-0.2, -0.15) is 0 Å². The van der Waals surface area contributed by atoms with E-state index in [4.69, 9.17) is 5.11 Å². The van der Waals surface area contributed by atoms with Crippen LogP contribution in [-0.4, -0.2) is 84.9 Å². The van der Waals surface area contributed by atoms with E-state index in [9.17, 15) is 19.2 Å². The number of likely N-dealkylation sites (tertiary alicyclic amines) is 1. The zero-order valence-electron chi connectivity index (χ0n) is 37.4. The summed E-state index contributed by atoms with van der Waals surface area (Å²) >= 11 is 0. The number of amides is 3. The highest BCUT2D eigenvalue weighted by molar-refractivity contribution is 5.89. The Kier molecular flexibility index (Phi) is 15.3. The summed E-state index contributed by atoms with van der Waals surface area (Å²) in [5.74, 6) is 2.25. The van der Waals surface area contributed by atoms with Gasteiger partial charge in [0.25, 0.3) is 0 Å². The molecule has 2 saturated carbocycles. The standard InChI is InChI=1S/C25H35N3O2.C14H26N2O.C10H10N2O2/c1-25(2,3)27-24(30)22-14-17-8-4-5-9-19(17)16-28(22)23(29)13-12-18-15-26-21-11-7-6-10-20(18)21;1-14(2,3)16-13(17)12-8-10-6-4-5-7-11(10)9-15-12;13-9(14)4-3-7-6-12-10-8(7)2-1-5-11-10/h6-7,10-11,15,17,19,22,26H,4-5,8-9,12-14,16H2,1-3H3,(H,27,30);10-12,15H,4-9H2,1-3H3,(H,16,17);1-2,5-6H,3-4H2,(H,11,12)(H,13,14). The fraction of sp³-hybridized carbons (Fsp3) is 0.612. The van der Waals surface area contributed by atoms with Gasteiger partial charge in [-0.15, -0.1) is 0 Å². The average Bonchev–Trinajstić information content (AvgIpc) is 3.84. The number of benzene rings is 1. The molecule has 2 saturated heterocycles. The zero-order chi connectivity index (χ0) is 43.7. The molecule has 332 valence electrons. The number of para-hydroxylation sites is 1. The number of fused-ring (bicyclic) bond motifs is 4. The van der Waals surface area contributed by atoms with Crippen LogP contribution in [0.4, 0.5) is 0 Å². The van der Waals surface area contributed by atoms with Crippen LogP contribution in [0.2, 0.25) is 0 Å². The Bertz CT molecular complexity index is 2090. The number of nitrogens with one attached hydrogen (secondary N) is 5. The van der Waals surface area contributed by atoms with E-state index < -0.39 is 5.97 Å². The Balaban J connectivity index is 0.000000169. The first-order valence-corrected chi connectivity index (χ1v) is 22.9. The van der Waals surface area contributed by atoms with E-state index in [1.54, 1.807) is 6.20 Å². The van der Waals surface area contributed by atoms with Crippen molar-refractivity contribution < 1.29 is 24.3 Å². The summed E-state index contributed by atoms with van der Waals surface area (Å²) in [5, 5.41) is 20.4. The minimum atomic E-state index is -0.775. The molecule has 0 radical (unpaired) electrons. The van der Waals surface area contributed by atoms with Crippen molar-refractivity contribution in [3.05, 3.63) is 66.1 Å². The third kappa shape index (κ3) is 12.9. The van der Waals surface area contributed by atoms with E-state index in [1.165, 1.54) is 62.3 Å². The first-order valence-electron chi connectivity index (χ1n) is 22.9. The average molecular weight is 838 g/mol. The summed E-state index contributed by atoms with van der Waals surface area (Å²) in [6.45, 7) is 13.9. The van der Waals surface area contributed by atoms with Crippen molar-refractivity contribution in [1.29, 1.82) is 0 Å². The minimum absolute atomic E-state index is 0.00645. The largest absolute Gasteiger partial charge is 0.481 e. The molecule has 6 unspecified atom stereocenters. The maximum Gasteiger partial charge on any atom is 0.303 e. The fourth-order valence-electron chi connectivity index (χ4n) is 9.99. The quantitative estimate of drug-likeness (QED) is 0.104. The van der Waals surface area contributed by atoms with Gasteiger partial charge < -0.3 is 35.9 Å². The molecule has 8 rings (SSSR count). The summed E-state index contributed by atoms with van der Waals surface area (Å²) in [6, 6.07) is 11.7. The van der Waals surface area contributed by atoms with Crippen LogP contribution in [-0.2, 0) is 32.0 Å². The van der Waals surface area contributed by atoms with E-state index >= 15 is 0 Å². The number of carboxylic acids is 1. The maximum absolute atomic E-state index is 13.3. The van der Waals surface area contributed by atoms with Gasteiger partial charge in [-0.1, -0.05) is 56.7 Å². The molecule has 6 N–H and O–H groups in total. The lowest BCUT2D eigenvalue weighted by molar-refractivity contribution is -0.146. The van der Waals surface area contributed by atoms with Gasteiger partial charge in [0.2, 0.25) is 17.7 Å². The Morgan fingerprint density at radius 1 is 0.721 bits per heavy atom. The molecule has 2 aliphatic heterocycles. The number of H-pyrrole nitrogens is 2. The number of aromatic nitrogens is 3. The molecule has 1 aromatic carbocycles. The number of aliphatic carboxylic acids is 1. The summed E-state index contributed by atoms with van der Waals surface area (Å²) in [7, 11) is 0. The maximum atomic E-state index is 13.3. The normalized spacial score (nSPS) is 23.9. The topological polar surface area (TPSA) is 172 Å². The number of carboxylic acid groups (broad SMARTS) is 1. The second kappa shape index (κ2) is 20.4. The molecule has 0 bridgehead atoms. The number of rotatable bonds is 8. The smallest absolute Gasteiger partial charge is 0.303 e. The summed E-state index contributed by atoms with van der Waals surface area (Å²) in [4.78, 5) is 61.3. The number of nitrogens with zero attached hydrogens (tertiary/aromatic N) is 2. The monoisotopic (exact) mass is 838 g/mol. The highest BCUT2D eigenvalue weighted by Gasteiger charge is 2.42. The van der Waals surface area contributed by atoms with Crippen molar-refractivity contribution in [2.45, 2.75) is 155 Å². The number of piperidine rings is 2. The lowest BCUT2D eigenvalue weighted by atomic mass is 9.72. The van der Waals surface area contributed by atoms with Crippen molar-refractivity contribution in [2.24, 2.45) is 23.7 Å². The molecule has 3 aromatic heterocycles. The number of hydrogen-bond donors (Lipinski definition) is 6. The van der Waals surface area contributed by atoms with Crippen LogP contribution in [0.15, 0.2) is 55.0 Å². The molecule has 5 heterocycles. The number of carbonyl (C=O) groups excluding carboxylic acids is 3. The van der Waals surface area contributed by atoms with Gasteiger partial charge in [0, 0.05) is 65.3 Å². The van der Waals surface area contributed by atoms with Crippen LogP contribution in [0, 0.1) is 23.7 Å². The van der Waals surface area contributed by atoms with Crippen molar-refractivity contribution >= 4 is 45.6 Å². The lowest BCUT2D eigenvalue weighted by Crippen LogP contribution is -2.59. The molecule has 12 heteroatoms. The molecule has 4 aliphatic rings. The zero-order valence-corrected chi connectivity index (χ0v) is 37.4. The number of hydrogen-bond acceptors (Lipinski definition) is 6. The molecule has 12 nitrogen and oxygen atoms in total. The summed E-state index contributed by atoms with van der Waals surface area (Å²) in [6.07, 6.45) is 19.5. The SMILES string of the molecule is CC(C)(C)NC(=O)C1CC2CCCCC2CN1.CC(C)(C)NC(=O)C1CC2CCCCC2CN1C(=O)CCc1c[nH]c2ccccc12.O=C(O)CCc1c[nH]c2ncccc12. The van der Waals surface area contributed by atoms with E-state index in [2.05, 4.69) is 43.0 Å². The van der Waals surface area contributed by atoms with Gasteiger partial charge in [-0.25, -0.2) is 4.98 Å². The van der Waals surface area contributed by atoms with Crippen molar-refractivity contribution in [3.63, 3.8) is 0 Å². The van der Waals surface area contributed by atoms with Gasteiger partial charge in [-0.05, 0) is 140 Å². The predicted octanol–water partition coefficient (Wildman–Crippen LogP) is 8.07. The Morgan fingerprint density at radius 2 is 1.31 bits per heavy atom. The molecule has 4 aromatic rings. The van der Waals surface area contributed by atoms with Crippen LogP contribution in [0.3, 0.4) is 0 Å². The van der Waals surface area contributed by atoms with Gasteiger partial charge >= 0.3 is 5.97 Å². The van der Waals surface area contributed by atoms with Crippen LogP contribution in [0.5, 0.6) is 0 Å². The minimum Gasteiger partial charge on any atom is -0.481 e. The van der Waals surface area contributed by atoms with Crippen molar-refractivity contribution in [3.8, 4) is 0 Å². The molecule has 2 aliphatic carbocycles. The second-order valence-electron chi connectivity index (χ2n) is 20.0. The van der Waals surface area contributed by atoms with E-state index in [0.717, 1.165) is 59.9 Å². The third-order valence-corrected chi connectivity index (χ3v) is 13.0. The van der Waals surface area contributed by atoms with Crippen LogP contribution in [0.1, 0.15) is 130 Å². The lowest BCUT2D eigenvalue weighted by Gasteiger charge is -2.46. The van der Waals surface area contributed by atoms with Crippen LogP contribution < -0.4 is 16.0 Å². The highest BCUT2D eigenvalue weighted by atomic mass is 16.4. The van der Waals surface area contributed by atoms with E-state index in [0.29, 0.717) is 31.1 Å². The first kappa shape index (κ1) is 45.8. The number of carbonyl (C=O) groups is 4. The number of pyridine rings is 1. The number of aryl methyl sites for hydroxylation is 2. The molecular formula is C49H71N7O5. The summed E-state index contributed by atoms with van der Waals surface area (Å²) < 4.78 is 0. The molecule has 0 spiro atoms.